The fraction of sp³-hybridized carbons (Fsp3) is 0.817. The minimum absolute atomic E-state index is 0.0793. The lowest BCUT2D eigenvalue weighted by Crippen LogP contribution is -2.30. The summed E-state index contributed by atoms with van der Waals surface area (Å²) >= 11 is 0. The molecule has 1 atom stereocenters. The Kier molecular flexibility index (Phi) is 63.2. The smallest absolute Gasteiger partial charge is 0.306 e. The highest BCUT2D eigenvalue weighted by molar-refractivity contribution is 5.71. The van der Waals surface area contributed by atoms with Crippen molar-refractivity contribution in [2.45, 2.75) is 361 Å². The van der Waals surface area contributed by atoms with Gasteiger partial charge in [0.05, 0.1) is 0 Å². The molecule has 0 aliphatic rings. The molecular formula is C71H128O6. The zero-order valence-electron chi connectivity index (χ0n) is 51.5. The molecular weight excluding hydrogens is 949 g/mol. The van der Waals surface area contributed by atoms with E-state index in [9.17, 15) is 14.4 Å². The first kappa shape index (κ1) is 74.1. The van der Waals surface area contributed by atoms with E-state index >= 15 is 0 Å². The van der Waals surface area contributed by atoms with Crippen molar-refractivity contribution in [1.29, 1.82) is 0 Å². The molecule has 0 aliphatic carbocycles. The maximum Gasteiger partial charge on any atom is 0.306 e. The monoisotopic (exact) mass is 1080 g/mol. The lowest BCUT2D eigenvalue weighted by Gasteiger charge is -2.18. The maximum atomic E-state index is 12.9. The second-order valence-corrected chi connectivity index (χ2v) is 22.7. The van der Waals surface area contributed by atoms with Gasteiger partial charge in [-0.15, -0.1) is 0 Å². The number of carbonyl (C=O) groups is 3. The van der Waals surface area contributed by atoms with Crippen molar-refractivity contribution >= 4 is 17.9 Å². The molecule has 0 aliphatic heterocycles. The first-order valence-corrected chi connectivity index (χ1v) is 33.8. The molecule has 0 N–H and O–H groups in total. The molecule has 0 aromatic rings. The largest absolute Gasteiger partial charge is 0.462 e. The molecule has 1 unspecified atom stereocenters. The van der Waals surface area contributed by atoms with E-state index in [1.165, 1.54) is 212 Å². The zero-order chi connectivity index (χ0) is 55.7. The van der Waals surface area contributed by atoms with Crippen LogP contribution in [-0.4, -0.2) is 37.2 Å². The molecule has 77 heavy (non-hydrogen) atoms. The molecule has 6 nitrogen and oxygen atoms in total. The van der Waals surface area contributed by atoms with E-state index in [1.54, 1.807) is 0 Å². The van der Waals surface area contributed by atoms with Crippen molar-refractivity contribution in [2.75, 3.05) is 13.2 Å². The lowest BCUT2D eigenvalue weighted by atomic mass is 10.0. The van der Waals surface area contributed by atoms with Crippen LogP contribution in [-0.2, 0) is 28.6 Å². The van der Waals surface area contributed by atoms with Gasteiger partial charge in [0, 0.05) is 19.3 Å². The Morgan fingerprint density at radius 3 is 0.792 bits per heavy atom. The Hall–Kier alpha value is -2.89. The van der Waals surface area contributed by atoms with Gasteiger partial charge >= 0.3 is 17.9 Å². The van der Waals surface area contributed by atoms with Crippen LogP contribution in [0.25, 0.3) is 0 Å². The van der Waals surface area contributed by atoms with Crippen LogP contribution in [0.4, 0.5) is 0 Å². The maximum absolute atomic E-state index is 12.9. The third-order valence-corrected chi connectivity index (χ3v) is 14.9. The number of rotatable bonds is 62. The summed E-state index contributed by atoms with van der Waals surface area (Å²) in [6.45, 7) is 6.57. The van der Waals surface area contributed by atoms with Crippen LogP contribution in [0.15, 0.2) is 60.8 Å². The summed E-state index contributed by atoms with van der Waals surface area (Å²) in [7, 11) is 0. The highest BCUT2D eigenvalue weighted by Crippen LogP contribution is 2.17. The molecule has 0 aromatic carbocycles. The van der Waals surface area contributed by atoms with E-state index in [0.717, 1.165) is 103 Å². The first-order chi connectivity index (χ1) is 38.0. The summed E-state index contributed by atoms with van der Waals surface area (Å²) in [5.74, 6) is -0.888. The molecule has 0 aromatic heterocycles. The number of unbranched alkanes of at least 4 members (excludes halogenated alkanes) is 41. The third kappa shape index (κ3) is 63.8. The summed E-state index contributed by atoms with van der Waals surface area (Å²) in [5.41, 5.74) is 0. The summed E-state index contributed by atoms with van der Waals surface area (Å²) < 4.78 is 16.9. The highest BCUT2D eigenvalue weighted by Gasteiger charge is 2.19. The molecule has 0 saturated carbocycles. The predicted molar refractivity (Wildman–Crippen MR) is 335 cm³/mol. The van der Waals surface area contributed by atoms with E-state index in [0.29, 0.717) is 19.3 Å². The molecule has 0 amide bonds. The Bertz CT molecular complexity index is 1380. The molecule has 448 valence electrons. The van der Waals surface area contributed by atoms with Gasteiger partial charge in [0.1, 0.15) is 13.2 Å². The van der Waals surface area contributed by atoms with Gasteiger partial charge < -0.3 is 14.2 Å². The Morgan fingerprint density at radius 2 is 0.494 bits per heavy atom. The van der Waals surface area contributed by atoms with Crippen LogP contribution in [0.3, 0.4) is 0 Å². The van der Waals surface area contributed by atoms with E-state index in [1.807, 2.05) is 0 Å². The molecule has 6 heteroatoms. The van der Waals surface area contributed by atoms with Crippen molar-refractivity contribution in [3.05, 3.63) is 60.8 Å². The normalized spacial score (nSPS) is 12.4. The molecule has 0 radical (unpaired) electrons. The van der Waals surface area contributed by atoms with Crippen LogP contribution in [0.1, 0.15) is 355 Å². The number of hydrogen-bond donors (Lipinski definition) is 0. The zero-order valence-corrected chi connectivity index (χ0v) is 51.5. The number of esters is 3. The average Bonchev–Trinajstić information content (AvgIpc) is 3.43. The number of allylic oxidation sites excluding steroid dienone is 10. The van der Waals surface area contributed by atoms with Gasteiger partial charge in [-0.2, -0.15) is 0 Å². The lowest BCUT2D eigenvalue weighted by molar-refractivity contribution is -0.167. The van der Waals surface area contributed by atoms with Gasteiger partial charge in [0.2, 0.25) is 0 Å². The van der Waals surface area contributed by atoms with Crippen LogP contribution in [0.5, 0.6) is 0 Å². The molecule has 0 fully saturated rings. The molecule has 0 bridgehead atoms. The summed E-state index contributed by atoms with van der Waals surface area (Å²) in [6, 6.07) is 0. The minimum atomic E-state index is -0.783. The second-order valence-electron chi connectivity index (χ2n) is 22.7. The topological polar surface area (TPSA) is 78.9 Å². The van der Waals surface area contributed by atoms with Crippen molar-refractivity contribution in [3.63, 3.8) is 0 Å². The van der Waals surface area contributed by atoms with E-state index in [-0.39, 0.29) is 31.1 Å². The van der Waals surface area contributed by atoms with Crippen molar-refractivity contribution < 1.29 is 28.6 Å². The number of carbonyl (C=O) groups excluding carboxylic acids is 3. The highest BCUT2D eigenvalue weighted by atomic mass is 16.6. The van der Waals surface area contributed by atoms with E-state index in [4.69, 9.17) is 14.2 Å². The molecule has 0 rings (SSSR count). The van der Waals surface area contributed by atoms with Gasteiger partial charge in [-0.3, -0.25) is 14.4 Å². The van der Waals surface area contributed by atoms with E-state index < -0.39 is 6.10 Å². The summed E-state index contributed by atoms with van der Waals surface area (Å²) in [6.07, 6.45) is 84.1. The third-order valence-electron chi connectivity index (χ3n) is 14.9. The average molecular weight is 1080 g/mol. The number of hydrogen-bond acceptors (Lipinski definition) is 6. The van der Waals surface area contributed by atoms with Crippen LogP contribution in [0, 0.1) is 0 Å². The fourth-order valence-corrected chi connectivity index (χ4v) is 9.86. The second kappa shape index (κ2) is 65.6. The van der Waals surface area contributed by atoms with Crippen LogP contribution < -0.4 is 0 Å². The van der Waals surface area contributed by atoms with Crippen LogP contribution >= 0.6 is 0 Å². The summed E-state index contributed by atoms with van der Waals surface area (Å²) in [5, 5.41) is 0. The van der Waals surface area contributed by atoms with Crippen LogP contribution in [0.2, 0.25) is 0 Å². The minimum Gasteiger partial charge on any atom is -0.462 e. The molecule has 0 spiro atoms. The van der Waals surface area contributed by atoms with Gasteiger partial charge in [-0.25, -0.2) is 0 Å². The standard InChI is InChI=1S/C71H128O6/c1-4-7-10-13-16-19-22-24-26-28-29-30-31-32-33-34-35-36-37-38-39-40-41-42-43-44-46-47-49-52-55-58-61-64-70(73)76-67-68(66-75-69(72)63-60-57-54-51-21-18-15-12-9-6-3)77-71(74)65-62-59-56-53-50-48-45-27-25-23-20-17-14-11-8-5-2/h12,15,20,22-24,27-29,45,68H,4-11,13-14,16-19,21,25-26,30-44,46-67H2,1-3H3/b15-12-,23-20-,24-22-,29-28-,45-27-. The van der Waals surface area contributed by atoms with Gasteiger partial charge in [-0.1, -0.05) is 293 Å². The van der Waals surface area contributed by atoms with E-state index in [2.05, 4.69) is 81.5 Å². The molecule has 0 saturated heterocycles. The quantitative estimate of drug-likeness (QED) is 0.0261. The van der Waals surface area contributed by atoms with Gasteiger partial charge in [0.15, 0.2) is 6.10 Å². The fourth-order valence-electron chi connectivity index (χ4n) is 9.86. The van der Waals surface area contributed by atoms with Crippen molar-refractivity contribution in [2.24, 2.45) is 0 Å². The van der Waals surface area contributed by atoms with Gasteiger partial charge in [0.25, 0.3) is 0 Å². The molecule has 0 heterocycles. The van der Waals surface area contributed by atoms with Crippen molar-refractivity contribution in [1.82, 2.24) is 0 Å². The Morgan fingerprint density at radius 1 is 0.260 bits per heavy atom. The predicted octanol–water partition coefficient (Wildman–Crippen LogP) is 23.1. The Balaban J connectivity index is 4.06. The Labute approximate surface area is 479 Å². The van der Waals surface area contributed by atoms with Crippen molar-refractivity contribution in [3.8, 4) is 0 Å². The first-order valence-electron chi connectivity index (χ1n) is 33.8. The van der Waals surface area contributed by atoms with Gasteiger partial charge in [-0.05, 0) is 103 Å². The number of ether oxygens (including phenoxy) is 3. The summed E-state index contributed by atoms with van der Waals surface area (Å²) in [4.78, 5) is 38.2. The SMILES string of the molecule is CCC/C=C\CCCCCCCC(=O)OCC(COC(=O)CCCCCCCCCCCCCCCCCCCCCCC/C=C\C/C=C\CCCCCCC)OC(=O)CCCCCCC/C=C\C/C=C\CCCCCC.